The van der Waals surface area contributed by atoms with Crippen molar-refractivity contribution in [2.75, 3.05) is 11.5 Å². The van der Waals surface area contributed by atoms with Gasteiger partial charge in [-0.1, -0.05) is 24.9 Å². The molecule has 1 aliphatic rings. The number of nitrogens with one attached hydrogen (secondary N) is 1. The Bertz CT molecular complexity index is 547. The van der Waals surface area contributed by atoms with E-state index in [-0.39, 0.29) is 16.4 Å². The molecule has 106 valence electrons. The molecule has 0 bridgehead atoms. The van der Waals surface area contributed by atoms with Crippen LogP contribution >= 0.6 is 23.4 Å². The van der Waals surface area contributed by atoms with Gasteiger partial charge in [0.15, 0.2) is 0 Å². The van der Waals surface area contributed by atoms with Crippen LogP contribution in [0.25, 0.3) is 0 Å². The van der Waals surface area contributed by atoms with Crippen LogP contribution in [0.5, 0.6) is 0 Å². The molecule has 0 spiro atoms. The Morgan fingerprint density at radius 1 is 1.37 bits per heavy atom. The van der Waals surface area contributed by atoms with Crippen LogP contribution in [0.3, 0.4) is 0 Å². The van der Waals surface area contributed by atoms with Crippen molar-refractivity contribution >= 4 is 23.4 Å². The molecule has 1 N–H and O–H groups in total. The van der Waals surface area contributed by atoms with Crippen LogP contribution in [0, 0.1) is 5.92 Å². The Labute approximate surface area is 121 Å². The fourth-order valence-corrected chi connectivity index (χ4v) is 3.87. The molecule has 0 aromatic carbocycles. The van der Waals surface area contributed by atoms with Gasteiger partial charge in [0.25, 0.3) is 5.56 Å². The standard InChI is InChI=1S/C13H19ClN2O2S/c1-2-3-10-11(14)15-13(18)16(12(10)17)8-9-4-6-19-7-5-9/h9H,2-8H2,1H3,(H,15,18). The summed E-state index contributed by atoms with van der Waals surface area (Å²) in [5.74, 6) is 2.66. The van der Waals surface area contributed by atoms with E-state index in [1.54, 1.807) is 0 Å². The Morgan fingerprint density at radius 3 is 2.68 bits per heavy atom. The van der Waals surface area contributed by atoms with Crippen LogP contribution in [-0.2, 0) is 13.0 Å². The minimum absolute atomic E-state index is 0.201. The lowest BCUT2D eigenvalue weighted by Crippen LogP contribution is -2.39. The fourth-order valence-electron chi connectivity index (χ4n) is 2.41. The van der Waals surface area contributed by atoms with Gasteiger partial charge in [-0.25, -0.2) is 4.79 Å². The number of hydrogen-bond donors (Lipinski definition) is 1. The maximum absolute atomic E-state index is 12.3. The first-order valence-electron chi connectivity index (χ1n) is 6.72. The Balaban J connectivity index is 2.31. The van der Waals surface area contributed by atoms with E-state index < -0.39 is 0 Å². The first kappa shape index (κ1) is 14.7. The largest absolute Gasteiger partial charge is 0.329 e. The normalized spacial score (nSPS) is 16.7. The van der Waals surface area contributed by atoms with Crippen molar-refractivity contribution in [2.45, 2.75) is 39.2 Å². The number of halogens is 1. The smallest absolute Gasteiger partial charge is 0.297 e. The molecule has 0 aliphatic carbocycles. The molecule has 2 rings (SSSR count). The molecule has 2 heterocycles. The van der Waals surface area contributed by atoms with Gasteiger partial charge in [0.05, 0.1) is 5.56 Å². The number of aromatic nitrogens is 2. The number of H-pyrrole nitrogens is 1. The highest BCUT2D eigenvalue weighted by Crippen LogP contribution is 2.23. The zero-order valence-electron chi connectivity index (χ0n) is 11.1. The summed E-state index contributed by atoms with van der Waals surface area (Å²) in [6, 6.07) is 0. The first-order chi connectivity index (χ1) is 9.13. The highest BCUT2D eigenvalue weighted by atomic mass is 35.5. The van der Waals surface area contributed by atoms with E-state index in [9.17, 15) is 9.59 Å². The average molecular weight is 303 g/mol. The molecular weight excluding hydrogens is 284 g/mol. The van der Waals surface area contributed by atoms with Crippen LogP contribution in [0.4, 0.5) is 0 Å². The van der Waals surface area contributed by atoms with E-state index in [2.05, 4.69) is 4.98 Å². The lowest BCUT2D eigenvalue weighted by molar-refractivity contribution is 0.399. The molecule has 1 aromatic rings. The molecule has 1 saturated heterocycles. The highest BCUT2D eigenvalue weighted by molar-refractivity contribution is 7.99. The van der Waals surface area contributed by atoms with Gasteiger partial charge in [0.2, 0.25) is 0 Å². The molecule has 0 unspecified atom stereocenters. The van der Waals surface area contributed by atoms with Crippen molar-refractivity contribution in [1.29, 1.82) is 0 Å². The molecule has 0 saturated carbocycles. The Hall–Kier alpha value is -0.680. The van der Waals surface area contributed by atoms with Gasteiger partial charge < -0.3 is 0 Å². The van der Waals surface area contributed by atoms with Crippen LogP contribution in [0.2, 0.25) is 5.15 Å². The topological polar surface area (TPSA) is 54.9 Å². The predicted octanol–water partition coefficient (Wildman–Crippen LogP) is 2.29. The summed E-state index contributed by atoms with van der Waals surface area (Å²) in [5, 5.41) is 0.201. The van der Waals surface area contributed by atoms with Gasteiger partial charge in [-0.05, 0) is 36.7 Å². The van der Waals surface area contributed by atoms with Gasteiger partial charge in [-0.2, -0.15) is 11.8 Å². The number of hydrogen-bond acceptors (Lipinski definition) is 3. The lowest BCUT2D eigenvalue weighted by atomic mass is 10.0. The van der Waals surface area contributed by atoms with E-state index in [0.29, 0.717) is 24.4 Å². The summed E-state index contributed by atoms with van der Waals surface area (Å²) in [6.45, 7) is 2.51. The maximum Gasteiger partial charge on any atom is 0.329 e. The molecule has 19 heavy (non-hydrogen) atoms. The molecule has 1 fully saturated rings. The SMILES string of the molecule is CCCc1c(Cl)[nH]c(=O)n(CC2CCSCC2)c1=O. The molecule has 0 atom stereocenters. The Kier molecular flexibility index (Phi) is 5.16. The van der Waals surface area contributed by atoms with Gasteiger partial charge in [-0.3, -0.25) is 14.3 Å². The number of nitrogens with zero attached hydrogens (tertiary/aromatic N) is 1. The summed E-state index contributed by atoms with van der Waals surface area (Å²) in [6.07, 6.45) is 3.58. The molecule has 4 nitrogen and oxygen atoms in total. The van der Waals surface area contributed by atoms with Crippen LogP contribution < -0.4 is 11.2 Å². The van der Waals surface area contributed by atoms with E-state index in [4.69, 9.17) is 11.6 Å². The maximum atomic E-state index is 12.3. The predicted molar refractivity (Wildman–Crippen MR) is 80.4 cm³/mol. The van der Waals surface area contributed by atoms with E-state index in [1.807, 2.05) is 18.7 Å². The quantitative estimate of drug-likeness (QED) is 0.868. The van der Waals surface area contributed by atoms with Crippen LogP contribution in [-0.4, -0.2) is 21.1 Å². The van der Waals surface area contributed by atoms with E-state index >= 15 is 0 Å². The number of aromatic amines is 1. The minimum Gasteiger partial charge on any atom is -0.297 e. The van der Waals surface area contributed by atoms with Crippen molar-refractivity contribution in [3.8, 4) is 0 Å². The summed E-state index contributed by atoms with van der Waals surface area (Å²) in [5.41, 5.74) is -0.0594. The van der Waals surface area contributed by atoms with Crippen molar-refractivity contribution in [1.82, 2.24) is 9.55 Å². The van der Waals surface area contributed by atoms with Crippen molar-refractivity contribution in [3.63, 3.8) is 0 Å². The third kappa shape index (κ3) is 3.45. The zero-order valence-corrected chi connectivity index (χ0v) is 12.6. The third-order valence-corrected chi connectivity index (χ3v) is 4.88. The fraction of sp³-hybridized carbons (Fsp3) is 0.692. The van der Waals surface area contributed by atoms with Gasteiger partial charge >= 0.3 is 5.69 Å². The zero-order chi connectivity index (χ0) is 13.8. The third-order valence-electron chi connectivity index (χ3n) is 3.51. The molecule has 6 heteroatoms. The highest BCUT2D eigenvalue weighted by Gasteiger charge is 2.18. The Morgan fingerprint density at radius 2 is 2.05 bits per heavy atom. The summed E-state index contributed by atoms with van der Waals surface area (Å²) >= 11 is 7.89. The van der Waals surface area contributed by atoms with Crippen LogP contribution in [0.15, 0.2) is 9.59 Å². The lowest BCUT2D eigenvalue weighted by Gasteiger charge is -2.21. The minimum atomic E-state index is -0.381. The molecule has 0 radical (unpaired) electrons. The van der Waals surface area contributed by atoms with E-state index in [1.165, 1.54) is 4.57 Å². The average Bonchev–Trinajstić information content (AvgIpc) is 2.41. The molecule has 1 aliphatic heterocycles. The first-order valence-corrected chi connectivity index (χ1v) is 8.26. The number of thioether (sulfide) groups is 1. The van der Waals surface area contributed by atoms with Gasteiger partial charge in [0, 0.05) is 6.54 Å². The van der Waals surface area contributed by atoms with Crippen LogP contribution in [0.1, 0.15) is 31.7 Å². The van der Waals surface area contributed by atoms with Crippen molar-refractivity contribution < 1.29 is 0 Å². The number of rotatable bonds is 4. The van der Waals surface area contributed by atoms with Crippen molar-refractivity contribution in [2.24, 2.45) is 5.92 Å². The second kappa shape index (κ2) is 6.66. The molecule has 1 aromatic heterocycles. The summed E-state index contributed by atoms with van der Waals surface area (Å²) in [4.78, 5) is 26.8. The monoisotopic (exact) mass is 302 g/mol. The summed E-state index contributed by atoms with van der Waals surface area (Å²) in [7, 11) is 0. The summed E-state index contributed by atoms with van der Waals surface area (Å²) < 4.78 is 1.33. The second-order valence-electron chi connectivity index (χ2n) is 4.94. The van der Waals surface area contributed by atoms with Crippen molar-refractivity contribution in [3.05, 3.63) is 31.6 Å². The van der Waals surface area contributed by atoms with Gasteiger partial charge in [0.1, 0.15) is 5.15 Å². The molecule has 0 amide bonds. The second-order valence-corrected chi connectivity index (χ2v) is 6.55. The van der Waals surface area contributed by atoms with E-state index in [0.717, 1.165) is 30.8 Å². The molecular formula is C13H19ClN2O2S. The van der Waals surface area contributed by atoms with Gasteiger partial charge in [-0.15, -0.1) is 0 Å².